The van der Waals surface area contributed by atoms with E-state index in [1.165, 1.54) is 24.5 Å². The predicted molar refractivity (Wildman–Crippen MR) is 107 cm³/mol. The molecule has 0 bridgehead atoms. The van der Waals surface area contributed by atoms with Gasteiger partial charge in [0.1, 0.15) is 0 Å². The van der Waals surface area contributed by atoms with Crippen LogP contribution in [0, 0.1) is 6.92 Å². The lowest BCUT2D eigenvalue weighted by atomic mass is 10.3. The molecule has 0 aliphatic carbocycles. The van der Waals surface area contributed by atoms with Crippen LogP contribution in [0.4, 0.5) is 17.3 Å². The zero-order valence-corrected chi connectivity index (χ0v) is 16.2. The van der Waals surface area contributed by atoms with E-state index >= 15 is 0 Å². The molecular weight excluding hydrogens is 386 g/mol. The molecule has 2 aromatic heterocycles. The number of nitrogens with one attached hydrogen (secondary N) is 3. The van der Waals surface area contributed by atoms with Gasteiger partial charge in [0.05, 0.1) is 22.5 Å². The average molecular weight is 403 g/mol. The summed E-state index contributed by atoms with van der Waals surface area (Å²) in [6, 6.07) is 7.76. The maximum Gasteiger partial charge on any atom is 0.264 e. The molecule has 3 N–H and O–H groups in total. The van der Waals surface area contributed by atoms with Crippen LogP contribution in [0.25, 0.3) is 0 Å². The second-order valence-electron chi connectivity index (χ2n) is 5.55. The first-order chi connectivity index (χ1) is 12.8. The fourth-order valence-corrected chi connectivity index (χ4v) is 3.34. The molecular formula is C16H17N7O2S2. The minimum Gasteiger partial charge on any atom is -0.332 e. The van der Waals surface area contributed by atoms with Crippen LogP contribution in [0.2, 0.25) is 0 Å². The van der Waals surface area contributed by atoms with E-state index < -0.39 is 10.0 Å². The number of thiocarbonyl (C=S) groups is 1. The van der Waals surface area contributed by atoms with Gasteiger partial charge >= 0.3 is 0 Å². The number of aromatic nitrogens is 4. The second kappa shape index (κ2) is 7.68. The van der Waals surface area contributed by atoms with Crippen molar-refractivity contribution in [2.24, 2.45) is 7.05 Å². The summed E-state index contributed by atoms with van der Waals surface area (Å²) in [4.78, 5) is 7.78. The van der Waals surface area contributed by atoms with Gasteiger partial charge in [-0.25, -0.2) is 23.1 Å². The van der Waals surface area contributed by atoms with E-state index in [0.717, 1.165) is 11.4 Å². The van der Waals surface area contributed by atoms with Crippen molar-refractivity contribution in [1.82, 2.24) is 19.7 Å². The van der Waals surface area contributed by atoms with Gasteiger partial charge < -0.3 is 10.6 Å². The molecule has 0 atom stereocenters. The summed E-state index contributed by atoms with van der Waals surface area (Å²) >= 11 is 5.27. The standard InChI is InChI=1S/C16H17N7O2S2/c1-11-14(10-19-23(11)2)21-16(26)20-12-4-6-13(7-5-12)27(24,25)22-15-17-8-3-9-18-15/h3-10H,1-2H3,(H,17,18,22)(H2,20,21,26). The fourth-order valence-electron chi connectivity index (χ4n) is 2.15. The van der Waals surface area contributed by atoms with E-state index in [-0.39, 0.29) is 10.8 Å². The summed E-state index contributed by atoms with van der Waals surface area (Å²) in [5, 5.41) is 10.6. The molecule has 0 radical (unpaired) electrons. The number of anilines is 3. The molecule has 11 heteroatoms. The molecule has 0 saturated heterocycles. The molecule has 0 aliphatic heterocycles. The molecule has 0 aliphatic rings. The number of hydrogen-bond acceptors (Lipinski definition) is 6. The van der Waals surface area contributed by atoms with Crippen LogP contribution in [0.15, 0.2) is 53.8 Å². The highest BCUT2D eigenvalue weighted by Gasteiger charge is 2.15. The van der Waals surface area contributed by atoms with Crippen molar-refractivity contribution in [3.8, 4) is 0 Å². The zero-order chi connectivity index (χ0) is 19.4. The van der Waals surface area contributed by atoms with Crippen molar-refractivity contribution < 1.29 is 8.42 Å². The lowest BCUT2D eigenvalue weighted by molar-refractivity contribution is 0.601. The van der Waals surface area contributed by atoms with Gasteiger partial charge in [0, 0.05) is 25.1 Å². The Labute approximate surface area is 161 Å². The minimum atomic E-state index is -3.77. The van der Waals surface area contributed by atoms with Crippen LogP contribution in [-0.4, -0.2) is 33.3 Å². The smallest absolute Gasteiger partial charge is 0.264 e. The topological polar surface area (TPSA) is 114 Å². The number of rotatable bonds is 5. The molecule has 1 aromatic carbocycles. The van der Waals surface area contributed by atoms with Crippen molar-refractivity contribution in [2.75, 3.05) is 15.4 Å². The Morgan fingerprint density at radius 1 is 1.11 bits per heavy atom. The number of hydrogen-bond donors (Lipinski definition) is 3. The number of sulfonamides is 1. The van der Waals surface area contributed by atoms with Gasteiger partial charge in [0.2, 0.25) is 5.95 Å². The van der Waals surface area contributed by atoms with E-state index in [1.54, 1.807) is 29.1 Å². The lowest BCUT2D eigenvalue weighted by Gasteiger charge is -2.11. The first kappa shape index (κ1) is 18.7. The fraction of sp³-hybridized carbons (Fsp3) is 0.125. The summed E-state index contributed by atoms with van der Waals surface area (Å²) < 4.78 is 28.8. The van der Waals surface area contributed by atoms with Crippen LogP contribution in [-0.2, 0) is 17.1 Å². The summed E-state index contributed by atoms with van der Waals surface area (Å²) in [5.41, 5.74) is 2.38. The lowest BCUT2D eigenvalue weighted by Crippen LogP contribution is -2.19. The predicted octanol–water partition coefficient (Wildman–Crippen LogP) is 2.13. The average Bonchev–Trinajstić information content (AvgIpc) is 2.94. The zero-order valence-electron chi connectivity index (χ0n) is 14.5. The van der Waals surface area contributed by atoms with Gasteiger partial charge in [0.25, 0.3) is 10.0 Å². The Kier molecular flexibility index (Phi) is 5.33. The molecule has 3 rings (SSSR count). The highest BCUT2D eigenvalue weighted by atomic mass is 32.2. The van der Waals surface area contributed by atoms with Crippen LogP contribution in [0.1, 0.15) is 5.69 Å². The van der Waals surface area contributed by atoms with Crippen molar-refractivity contribution in [3.63, 3.8) is 0 Å². The maximum atomic E-state index is 12.4. The molecule has 0 saturated carbocycles. The molecule has 2 heterocycles. The third-order valence-corrected chi connectivity index (χ3v) is 5.25. The number of benzene rings is 1. The van der Waals surface area contributed by atoms with Crippen LogP contribution < -0.4 is 15.4 Å². The summed E-state index contributed by atoms with van der Waals surface area (Å²) in [6.07, 6.45) is 4.59. The van der Waals surface area contributed by atoms with Gasteiger partial charge in [-0.3, -0.25) is 4.68 Å². The Hall–Kier alpha value is -3.05. The quantitative estimate of drug-likeness (QED) is 0.555. The SMILES string of the molecule is Cc1c(NC(=S)Nc2ccc(S(=O)(=O)Nc3ncccn3)cc2)cnn1C. The van der Waals surface area contributed by atoms with Crippen molar-refractivity contribution in [1.29, 1.82) is 0 Å². The highest BCUT2D eigenvalue weighted by Crippen LogP contribution is 2.17. The molecule has 0 spiro atoms. The van der Waals surface area contributed by atoms with E-state index in [0.29, 0.717) is 10.8 Å². The minimum absolute atomic E-state index is 0.0110. The summed E-state index contributed by atoms with van der Waals surface area (Å²) in [6.45, 7) is 1.92. The van der Waals surface area contributed by atoms with Crippen LogP contribution in [0.3, 0.4) is 0 Å². The normalized spacial score (nSPS) is 11.0. The number of nitrogens with zero attached hydrogens (tertiary/aromatic N) is 4. The first-order valence-corrected chi connectivity index (χ1v) is 9.71. The van der Waals surface area contributed by atoms with Gasteiger partial charge in [0.15, 0.2) is 5.11 Å². The summed E-state index contributed by atoms with van der Waals surface area (Å²) in [5.74, 6) is 0.0110. The van der Waals surface area contributed by atoms with Crippen LogP contribution >= 0.6 is 12.2 Å². The Balaban J connectivity index is 1.66. The molecule has 0 amide bonds. The Morgan fingerprint density at radius 3 is 2.37 bits per heavy atom. The van der Waals surface area contributed by atoms with Gasteiger partial charge in [-0.2, -0.15) is 5.10 Å². The van der Waals surface area contributed by atoms with Crippen molar-refractivity contribution in [3.05, 3.63) is 54.6 Å². The van der Waals surface area contributed by atoms with Crippen LogP contribution in [0.5, 0.6) is 0 Å². The Morgan fingerprint density at radius 2 is 1.78 bits per heavy atom. The van der Waals surface area contributed by atoms with Crippen molar-refractivity contribution in [2.45, 2.75) is 11.8 Å². The molecule has 9 nitrogen and oxygen atoms in total. The van der Waals surface area contributed by atoms with E-state index in [1.807, 2.05) is 14.0 Å². The number of aryl methyl sites for hydroxylation is 1. The monoisotopic (exact) mass is 403 g/mol. The van der Waals surface area contributed by atoms with E-state index in [2.05, 4.69) is 30.4 Å². The third kappa shape index (κ3) is 4.57. The van der Waals surface area contributed by atoms with E-state index in [9.17, 15) is 8.42 Å². The third-order valence-electron chi connectivity index (χ3n) is 3.70. The highest BCUT2D eigenvalue weighted by molar-refractivity contribution is 7.92. The maximum absolute atomic E-state index is 12.4. The van der Waals surface area contributed by atoms with Gasteiger partial charge in [-0.1, -0.05) is 0 Å². The largest absolute Gasteiger partial charge is 0.332 e. The molecule has 27 heavy (non-hydrogen) atoms. The summed E-state index contributed by atoms with van der Waals surface area (Å²) in [7, 11) is -1.93. The Bertz CT molecular complexity index is 1050. The molecule has 140 valence electrons. The molecule has 0 fully saturated rings. The molecule has 0 unspecified atom stereocenters. The first-order valence-electron chi connectivity index (χ1n) is 7.82. The van der Waals surface area contributed by atoms with Gasteiger partial charge in [-0.05, 0) is 49.5 Å². The van der Waals surface area contributed by atoms with E-state index in [4.69, 9.17) is 12.2 Å². The van der Waals surface area contributed by atoms with Gasteiger partial charge in [-0.15, -0.1) is 0 Å². The molecule has 3 aromatic rings. The van der Waals surface area contributed by atoms with Crippen molar-refractivity contribution >= 4 is 44.7 Å². The second-order valence-corrected chi connectivity index (χ2v) is 7.64.